The van der Waals surface area contributed by atoms with Crippen LogP contribution in [0.4, 0.5) is 0 Å². The van der Waals surface area contributed by atoms with Gasteiger partial charge in [-0.2, -0.15) is 0 Å². The van der Waals surface area contributed by atoms with Crippen LogP contribution in [0.25, 0.3) is 0 Å². The molecule has 0 saturated carbocycles. The Morgan fingerprint density at radius 1 is 1.39 bits per heavy atom. The molecule has 18 heavy (non-hydrogen) atoms. The van der Waals surface area contributed by atoms with Crippen molar-refractivity contribution in [3.05, 3.63) is 34.3 Å². The van der Waals surface area contributed by atoms with E-state index in [2.05, 4.69) is 52.9 Å². The molecule has 1 aliphatic rings. The molecule has 2 N–H and O–H groups in total. The molecule has 0 aliphatic carbocycles. The summed E-state index contributed by atoms with van der Waals surface area (Å²) in [5.74, 6) is 0.833. The second-order valence-corrected chi connectivity index (χ2v) is 6.46. The minimum absolute atomic E-state index is 0.128. The summed E-state index contributed by atoms with van der Waals surface area (Å²) >= 11 is 3.58. The van der Waals surface area contributed by atoms with Crippen molar-refractivity contribution in [2.75, 3.05) is 13.1 Å². The molecule has 2 rings (SSSR count). The maximum atomic E-state index is 6.30. The van der Waals surface area contributed by atoms with Gasteiger partial charge in [0.25, 0.3) is 0 Å². The van der Waals surface area contributed by atoms with Crippen LogP contribution in [-0.2, 0) is 0 Å². The quantitative estimate of drug-likeness (QED) is 0.921. The van der Waals surface area contributed by atoms with E-state index in [1.165, 1.54) is 18.5 Å². The Hall–Kier alpha value is -0.380. The second kappa shape index (κ2) is 6.18. The van der Waals surface area contributed by atoms with E-state index in [1.807, 2.05) is 6.07 Å². The van der Waals surface area contributed by atoms with Gasteiger partial charge in [-0.05, 0) is 37.3 Å². The summed E-state index contributed by atoms with van der Waals surface area (Å²) < 4.78 is 1.13. The summed E-state index contributed by atoms with van der Waals surface area (Å²) in [6.07, 6.45) is 2.35. The largest absolute Gasteiger partial charge is 0.324 e. The van der Waals surface area contributed by atoms with Crippen molar-refractivity contribution in [2.45, 2.75) is 38.8 Å². The number of benzene rings is 1. The Morgan fingerprint density at radius 2 is 2.11 bits per heavy atom. The molecule has 1 aromatic carbocycles. The lowest BCUT2D eigenvalue weighted by Gasteiger charge is -2.23. The van der Waals surface area contributed by atoms with Crippen molar-refractivity contribution in [1.82, 2.24) is 4.90 Å². The topological polar surface area (TPSA) is 29.3 Å². The van der Waals surface area contributed by atoms with Crippen molar-refractivity contribution in [3.63, 3.8) is 0 Å². The molecule has 3 unspecified atom stereocenters. The third-order valence-electron chi connectivity index (χ3n) is 3.95. The monoisotopic (exact) mass is 310 g/mol. The van der Waals surface area contributed by atoms with Gasteiger partial charge in [-0.3, -0.25) is 0 Å². The first-order valence-electron chi connectivity index (χ1n) is 6.82. The van der Waals surface area contributed by atoms with E-state index in [-0.39, 0.29) is 6.04 Å². The predicted molar refractivity (Wildman–Crippen MR) is 80.5 cm³/mol. The zero-order chi connectivity index (χ0) is 13.1. The number of rotatable bonds is 4. The standard InChI is InChI=1S/C15H23BrN2/c1-11-9-12(2)18(10-11)8-7-15(17)13-5-3-4-6-14(13)16/h3-6,11-12,15H,7-10,17H2,1-2H3. The first kappa shape index (κ1) is 14.0. The molecule has 1 saturated heterocycles. The molecule has 2 nitrogen and oxygen atoms in total. The minimum atomic E-state index is 0.128. The van der Waals surface area contributed by atoms with Gasteiger partial charge in [0.1, 0.15) is 0 Å². The average Bonchev–Trinajstić information content (AvgIpc) is 2.65. The number of likely N-dealkylation sites (tertiary alicyclic amines) is 1. The Kier molecular flexibility index (Phi) is 4.82. The van der Waals surface area contributed by atoms with Crippen molar-refractivity contribution >= 4 is 15.9 Å². The molecule has 3 heteroatoms. The molecule has 0 aromatic heterocycles. The van der Waals surface area contributed by atoms with Crippen molar-refractivity contribution in [2.24, 2.45) is 11.7 Å². The summed E-state index contributed by atoms with van der Waals surface area (Å²) in [6, 6.07) is 9.11. The Bertz CT molecular complexity index is 394. The van der Waals surface area contributed by atoms with E-state index in [0.29, 0.717) is 6.04 Å². The third kappa shape index (κ3) is 3.34. The fraction of sp³-hybridized carbons (Fsp3) is 0.600. The maximum Gasteiger partial charge on any atom is 0.0318 e. The molecule has 1 aliphatic heterocycles. The van der Waals surface area contributed by atoms with E-state index in [0.717, 1.165) is 23.4 Å². The summed E-state index contributed by atoms with van der Waals surface area (Å²) in [4.78, 5) is 2.57. The van der Waals surface area contributed by atoms with Gasteiger partial charge in [0.2, 0.25) is 0 Å². The van der Waals surface area contributed by atoms with Crippen LogP contribution in [0.5, 0.6) is 0 Å². The molecule has 3 atom stereocenters. The lowest BCUT2D eigenvalue weighted by molar-refractivity contribution is 0.255. The highest BCUT2D eigenvalue weighted by Gasteiger charge is 2.26. The van der Waals surface area contributed by atoms with Crippen LogP contribution in [0.2, 0.25) is 0 Å². The minimum Gasteiger partial charge on any atom is -0.324 e. The molecule has 100 valence electrons. The first-order valence-corrected chi connectivity index (χ1v) is 7.61. The maximum absolute atomic E-state index is 6.30. The van der Waals surface area contributed by atoms with Crippen molar-refractivity contribution in [3.8, 4) is 0 Å². The van der Waals surface area contributed by atoms with Gasteiger partial charge in [0.05, 0.1) is 0 Å². The predicted octanol–water partition coefficient (Wildman–Crippen LogP) is 3.57. The van der Waals surface area contributed by atoms with E-state index in [1.54, 1.807) is 0 Å². The number of hydrogen-bond acceptors (Lipinski definition) is 2. The number of halogens is 1. The molecule has 0 spiro atoms. The SMILES string of the molecule is CC1CC(C)N(CCC(N)c2ccccc2Br)C1. The molecule has 0 amide bonds. The molecule has 0 radical (unpaired) electrons. The molecular weight excluding hydrogens is 288 g/mol. The summed E-state index contributed by atoms with van der Waals surface area (Å²) in [5.41, 5.74) is 7.52. The first-order chi connectivity index (χ1) is 8.58. The van der Waals surface area contributed by atoms with Crippen LogP contribution in [0.3, 0.4) is 0 Å². The van der Waals surface area contributed by atoms with E-state index < -0.39 is 0 Å². The molecule has 1 heterocycles. The summed E-state index contributed by atoms with van der Waals surface area (Å²) in [5, 5.41) is 0. The van der Waals surface area contributed by atoms with Crippen molar-refractivity contribution in [1.29, 1.82) is 0 Å². The summed E-state index contributed by atoms with van der Waals surface area (Å²) in [6.45, 7) is 7.00. The van der Waals surface area contributed by atoms with Crippen LogP contribution in [0.15, 0.2) is 28.7 Å². The smallest absolute Gasteiger partial charge is 0.0318 e. The highest BCUT2D eigenvalue weighted by molar-refractivity contribution is 9.10. The van der Waals surface area contributed by atoms with Gasteiger partial charge < -0.3 is 10.6 Å². The van der Waals surface area contributed by atoms with Crippen LogP contribution >= 0.6 is 15.9 Å². The normalized spacial score (nSPS) is 26.4. The van der Waals surface area contributed by atoms with Crippen LogP contribution in [0.1, 0.15) is 38.3 Å². The number of hydrogen-bond donors (Lipinski definition) is 1. The van der Waals surface area contributed by atoms with Gasteiger partial charge in [0, 0.05) is 29.6 Å². The Balaban J connectivity index is 1.89. The van der Waals surface area contributed by atoms with Gasteiger partial charge in [0.15, 0.2) is 0 Å². The van der Waals surface area contributed by atoms with Gasteiger partial charge >= 0.3 is 0 Å². The van der Waals surface area contributed by atoms with Crippen LogP contribution < -0.4 is 5.73 Å². The second-order valence-electron chi connectivity index (χ2n) is 5.60. The lowest BCUT2D eigenvalue weighted by atomic mass is 10.0. The summed E-state index contributed by atoms with van der Waals surface area (Å²) in [7, 11) is 0. The Labute approximate surface area is 119 Å². The molecular formula is C15H23BrN2. The van der Waals surface area contributed by atoms with Crippen LogP contribution in [0, 0.1) is 5.92 Å². The zero-order valence-corrected chi connectivity index (χ0v) is 12.9. The number of nitrogens with zero attached hydrogens (tertiary/aromatic N) is 1. The fourth-order valence-electron chi connectivity index (χ4n) is 2.93. The molecule has 1 fully saturated rings. The highest BCUT2D eigenvalue weighted by Crippen LogP contribution is 2.26. The van der Waals surface area contributed by atoms with E-state index in [9.17, 15) is 0 Å². The van der Waals surface area contributed by atoms with Gasteiger partial charge in [-0.15, -0.1) is 0 Å². The van der Waals surface area contributed by atoms with Crippen molar-refractivity contribution < 1.29 is 0 Å². The highest BCUT2D eigenvalue weighted by atomic mass is 79.9. The van der Waals surface area contributed by atoms with E-state index >= 15 is 0 Å². The molecule has 1 aromatic rings. The van der Waals surface area contributed by atoms with E-state index in [4.69, 9.17) is 5.73 Å². The fourth-order valence-corrected chi connectivity index (χ4v) is 3.51. The Morgan fingerprint density at radius 3 is 2.72 bits per heavy atom. The average molecular weight is 311 g/mol. The van der Waals surface area contributed by atoms with Crippen LogP contribution in [-0.4, -0.2) is 24.0 Å². The van der Waals surface area contributed by atoms with Gasteiger partial charge in [-0.25, -0.2) is 0 Å². The molecule has 0 bridgehead atoms. The number of nitrogens with two attached hydrogens (primary N) is 1. The van der Waals surface area contributed by atoms with Gasteiger partial charge in [-0.1, -0.05) is 41.1 Å². The zero-order valence-electron chi connectivity index (χ0n) is 11.3. The lowest BCUT2D eigenvalue weighted by Crippen LogP contribution is -2.30. The third-order valence-corrected chi connectivity index (χ3v) is 4.67.